The summed E-state index contributed by atoms with van der Waals surface area (Å²) in [5.41, 5.74) is 0. The lowest BCUT2D eigenvalue weighted by Gasteiger charge is -2.23. The summed E-state index contributed by atoms with van der Waals surface area (Å²) in [5.74, 6) is 1.48. The van der Waals surface area contributed by atoms with E-state index in [1.165, 1.54) is 12.8 Å². The molecule has 0 N–H and O–H groups in total. The molecule has 1 amide bonds. The highest BCUT2D eigenvalue weighted by Gasteiger charge is 2.26. The molecule has 1 rings (SSSR count). The zero-order chi connectivity index (χ0) is 10.4. The number of alkyl halides is 2. The highest BCUT2D eigenvalue weighted by molar-refractivity contribution is 6.18. The first-order valence-electron chi connectivity index (χ1n) is 5.20. The number of amides is 1. The van der Waals surface area contributed by atoms with Crippen LogP contribution in [0, 0.1) is 5.92 Å². The average Bonchev–Trinajstić information content (AvgIpc) is 2.69. The van der Waals surface area contributed by atoms with Crippen LogP contribution < -0.4 is 0 Å². The van der Waals surface area contributed by atoms with E-state index in [0.717, 1.165) is 12.8 Å². The van der Waals surface area contributed by atoms with E-state index >= 15 is 0 Å². The zero-order valence-electron chi connectivity index (χ0n) is 8.35. The lowest BCUT2D eigenvalue weighted by atomic mass is 10.1. The highest BCUT2D eigenvalue weighted by Crippen LogP contribution is 2.26. The van der Waals surface area contributed by atoms with Crippen molar-refractivity contribution in [2.24, 2.45) is 5.92 Å². The van der Waals surface area contributed by atoms with Gasteiger partial charge in [0.2, 0.25) is 5.91 Å². The topological polar surface area (TPSA) is 20.3 Å². The van der Waals surface area contributed by atoms with Crippen molar-refractivity contribution < 1.29 is 4.79 Å². The van der Waals surface area contributed by atoms with Crippen molar-refractivity contribution in [2.75, 3.05) is 24.8 Å². The monoisotopic (exact) mass is 237 g/mol. The van der Waals surface area contributed by atoms with Gasteiger partial charge >= 0.3 is 0 Å². The third kappa shape index (κ3) is 3.32. The van der Waals surface area contributed by atoms with E-state index in [9.17, 15) is 4.79 Å². The highest BCUT2D eigenvalue weighted by atomic mass is 35.5. The van der Waals surface area contributed by atoms with Crippen LogP contribution in [-0.2, 0) is 4.79 Å². The molecule has 0 atom stereocenters. The Hall–Kier alpha value is 0.0500. The molecule has 0 aromatic carbocycles. The van der Waals surface area contributed by atoms with Gasteiger partial charge < -0.3 is 4.90 Å². The molecule has 0 saturated heterocycles. The number of hydrogen-bond acceptors (Lipinski definition) is 1. The molecule has 0 aromatic rings. The van der Waals surface area contributed by atoms with Crippen LogP contribution in [0.1, 0.15) is 25.7 Å². The molecular weight excluding hydrogens is 221 g/mol. The molecule has 0 heterocycles. The van der Waals surface area contributed by atoms with Crippen molar-refractivity contribution in [1.82, 2.24) is 4.90 Å². The predicted octanol–water partition coefficient (Wildman–Crippen LogP) is 2.48. The second kappa shape index (κ2) is 6.52. The molecule has 1 aliphatic carbocycles. The lowest BCUT2D eigenvalue weighted by molar-refractivity contribution is -0.134. The van der Waals surface area contributed by atoms with Gasteiger partial charge in [-0.25, -0.2) is 0 Å². The fraction of sp³-hybridized carbons (Fsp3) is 0.900. The van der Waals surface area contributed by atoms with Gasteiger partial charge in [0.15, 0.2) is 0 Å². The zero-order valence-corrected chi connectivity index (χ0v) is 9.86. The maximum atomic E-state index is 11.9. The van der Waals surface area contributed by atoms with Crippen LogP contribution in [0.4, 0.5) is 0 Å². The normalized spacial score (nSPS) is 17.3. The SMILES string of the molecule is O=C(C1CCCC1)N(CCCl)CCCl. The molecule has 1 saturated carbocycles. The van der Waals surface area contributed by atoms with E-state index in [-0.39, 0.29) is 11.8 Å². The fourth-order valence-corrected chi connectivity index (χ4v) is 2.38. The first-order chi connectivity index (χ1) is 6.79. The molecule has 2 nitrogen and oxygen atoms in total. The molecule has 14 heavy (non-hydrogen) atoms. The van der Waals surface area contributed by atoms with Crippen LogP contribution in [0.2, 0.25) is 0 Å². The summed E-state index contributed by atoms with van der Waals surface area (Å²) in [4.78, 5) is 13.7. The summed E-state index contributed by atoms with van der Waals surface area (Å²) < 4.78 is 0. The van der Waals surface area contributed by atoms with E-state index < -0.39 is 0 Å². The number of nitrogens with zero attached hydrogens (tertiary/aromatic N) is 1. The van der Waals surface area contributed by atoms with Crippen molar-refractivity contribution in [1.29, 1.82) is 0 Å². The van der Waals surface area contributed by atoms with Gasteiger partial charge in [0.05, 0.1) is 0 Å². The number of rotatable bonds is 5. The smallest absolute Gasteiger partial charge is 0.225 e. The molecule has 0 bridgehead atoms. The van der Waals surface area contributed by atoms with E-state index in [4.69, 9.17) is 23.2 Å². The van der Waals surface area contributed by atoms with Crippen molar-refractivity contribution in [3.05, 3.63) is 0 Å². The van der Waals surface area contributed by atoms with Crippen LogP contribution in [-0.4, -0.2) is 35.7 Å². The van der Waals surface area contributed by atoms with Crippen LogP contribution in [0.3, 0.4) is 0 Å². The maximum absolute atomic E-state index is 11.9. The summed E-state index contributed by atoms with van der Waals surface area (Å²) in [6.45, 7) is 1.26. The van der Waals surface area contributed by atoms with E-state index in [1.807, 2.05) is 0 Å². The van der Waals surface area contributed by atoms with Gasteiger partial charge in [0.1, 0.15) is 0 Å². The van der Waals surface area contributed by atoms with Crippen molar-refractivity contribution in [3.8, 4) is 0 Å². The van der Waals surface area contributed by atoms with Crippen molar-refractivity contribution in [2.45, 2.75) is 25.7 Å². The van der Waals surface area contributed by atoms with Gasteiger partial charge in [-0.1, -0.05) is 12.8 Å². The Morgan fingerprint density at radius 1 is 1.14 bits per heavy atom. The van der Waals surface area contributed by atoms with Gasteiger partial charge in [0.25, 0.3) is 0 Å². The summed E-state index contributed by atoms with van der Waals surface area (Å²) in [5, 5.41) is 0. The Balaban J connectivity index is 2.43. The quantitative estimate of drug-likeness (QED) is 0.674. The molecule has 0 spiro atoms. The van der Waals surface area contributed by atoms with Crippen molar-refractivity contribution in [3.63, 3.8) is 0 Å². The molecule has 0 unspecified atom stereocenters. The molecular formula is C10H17Cl2NO. The molecule has 0 aromatic heterocycles. The number of carbonyl (C=O) groups excluding carboxylic acids is 1. The molecule has 1 fully saturated rings. The third-order valence-corrected chi connectivity index (χ3v) is 3.06. The Kier molecular flexibility index (Phi) is 5.64. The van der Waals surface area contributed by atoms with Gasteiger partial charge in [-0.2, -0.15) is 0 Å². The summed E-state index contributed by atoms with van der Waals surface area (Å²) in [7, 11) is 0. The summed E-state index contributed by atoms with van der Waals surface area (Å²) >= 11 is 11.3. The Morgan fingerprint density at radius 3 is 2.07 bits per heavy atom. The molecule has 82 valence electrons. The molecule has 0 radical (unpaired) electrons. The van der Waals surface area contributed by atoms with Crippen molar-refractivity contribution >= 4 is 29.1 Å². The number of hydrogen-bond donors (Lipinski definition) is 0. The third-order valence-electron chi connectivity index (χ3n) is 2.72. The molecule has 0 aliphatic heterocycles. The summed E-state index contributed by atoms with van der Waals surface area (Å²) in [6.07, 6.45) is 4.46. The minimum absolute atomic E-state index is 0.237. The van der Waals surface area contributed by atoms with Gasteiger partial charge in [-0.05, 0) is 12.8 Å². The van der Waals surface area contributed by atoms with Crippen LogP contribution in [0.25, 0.3) is 0 Å². The maximum Gasteiger partial charge on any atom is 0.225 e. The number of carbonyl (C=O) groups is 1. The first-order valence-corrected chi connectivity index (χ1v) is 6.27. The van der Waals surface area contributed by atoms with E-state index in [0.29, 0.717) is 24.8 Å². The second-order valence-electron chi connectivity index (χ2n) is 3.68. The largest absolute Gasteiger partial charge is 0.340 e. The predicted molar refractivity (Wildman–Crippen MR) is 60.0 cm³/mol. The van der Waals surface area contributed by atoms with Crippen LogP contribution in [0.5, 0.6) is 0 Å². The summed E-state index contributed by atoms with van der Waals surface area (Å²) in [6, 6.07) is 0. The van der Waals surface area contributed by atoms with Gasteiger partial charge in [0, 0.05) is 30.8 Å². The van der Waals surface area contributed by atoms with Crippen LogP contribution in [0.15, 0.2) is 0 Å². The lowest BCUT2D eigenvalue weighted by Crippen LogP contribution is -2.38. The van der Waals surface area contributed by atoms with E-state index in [2.05, 4.69) is 0 Å². The van der Waals surface area contributed by atoms with Gasteiger partial charge in [-0.15, -0.1) is 23.2 Å². The Morgan fingerprint density at radius 2 is 1.64 bits per heavy atom. The Labute approximate surface area is 95.5 Å². The van der Waals surface area contributed by atoms with Crippen LogP contribution >= 0.6 is 23.2 Å². The first kappa shape index (κ1) is 12.1. The molecule has 1 aliphatic rings. The Bertz CT molecular complexity index is 175. The minimum Gasteiger partial charge on any atom is -0.340 e. The molecule has 4 heteroatoms. The second-order valence-corrected chi connectivity index (χ2v) is 4.44. The minimum atomic E-state index is 0.237. The van der Waals surface area contributed by atoms with E-state index in [1.54, 1.807) is 4.90 Å². The standard InChI is InChI=1S/C10H17Cl2NO/c11-5-7-13(8-6-12)10(14)9-3-1-2-4-9/h9H,1-8H2. The fourth-order valence-electron chi connectivity index (χ4n) is 1.97. The average molecular weight is 238 g/mol. The number of halogens is 2. The van der Waals surface area contributed by atoms with Gasteiger partial charge in [-0.3, -0.25) is 4.79 Å².